The molecule has 14 heavy (non-hydrogen) atoms. The second kappa shape index (κ2) is 7.07. The molecule has 0 fully saturated rings. The van der Waals surface area contributed by atoms with Crippen molar-refractivity contribution in [2.24, 2.45) is 0 Å². The van der Waals surface area contributed by atoms with Crippen LogP contribution < -0.4 is 0 Å². The van der Waals surface area contributed by atoms with E-state index in [1.54, 1.807) is 23.1 Å². The van der Waals surface area contributed by atoms with Crippen molar-refractivity contribution in [2.45, 2.75) is 26.2 Å². The number of hydrogen-bond donors (Lipinski definition) is 0. The minimum Gasteiger partial charge on any atom is -0.299 e. The lowest BCUT2D eigenvalue weighted by Gasteiger charge is -1.99. The van der Waals surface area contributed by atoms with Crippen LogP contribution in [0.4, 0.5) is 0 Å². The van der Waals surface area contributed by atoms with Crippen LogP contribution >= 0.6 is 23.1 Å². The summed E-state index contributed by atoms with van der Waals surface area (Å²) >= 11 is 3.45. The maximum Gasteiger partial charge on any atom is 0.143 e. The van der Waals surface area contributed by atoms with Crippen LogP contribution in [0.15, 0.2) is 16.8 Å². The van der Waals surface area contributed by atoms with Crippen molar-refractivity contribution in [1.29, 1.82) is 0 Å². The largest absolute Gasteiger partial charge is 0.299 e. The first kappa shape index (κ1) is 11.8. The van der Waals surface area contributed by atoms with E-state index in [9.17, 15) is 4.79 Å². The third-order valence-corrected chi connectivity index (χ3v) is 3.84. The Morgan fingerprint density at radius 2 is 2.43 bits per heavy atom. The van der Waals surface area contributed by atoms with Gasteiger partial charge in [0, 0.05) is 6.42 Å². The predicted octanol–water partition coefficient (Wildman–Crippen LogP) is 3.39. The molecule has 0 N–H and O–H groups in total. The highest BCUT2D eigenvalue weighted by Crippen LogP contribution is 2.10. The zero-order valence-corrected chi connectivity index (χ0v) is 10.1. The fourth-order valence-corrected chi connectivity index (χ4v) is 2.63. The summed E-state index contributed by atoms with van der Waals surface area (Å²) in [6.45, 7) is 2.14. The van der Waals surface area contributed by atoms with Gasteiger partial charge in [0.2, 0.25) is 0 Å². The SMILES string of the molecule is CCCSCC(=O)CCc1ccsc1. The van der Waals surface area contributed by atoms with E-state index in [2.05, 4.69) is 23.8 Å². The number of carbonyl (C=O) groups is 1. The molecule has 1 aromatic rings. The van der Waals surface area contributed by atoms with E-state index >= 15 is 0 Å². The first-order valence-corrected chi connectivity index (χ1v) is 7.03. The molecule has 0 saturated heterocycles. The maximum atomic E-state index is 11.4. The van der Waals surface area contributed by atoms with Crippen LogP contribution in [0.3, 0.4) is 0 Å². The van der Waals surface area contributed by atoms with Gasteiger partial charge in [-0.3, -0.25) is 4.79 Å². The highest BCUT2D eigenvalue weighted by Gasteiger charge is 2.02. The Bertz CT molecular complexity index is 254. The molecule has 0 radical (unpaired) electrons. The topological polar surface area (TPSA) is 17.1 Å². The molecule has 1 aromatic heterocycles. The average Bonchev–Trinajstić information content (AvgIpc) is 2.68. The third kappa shape index (κ3) is 4.82. The van der Waals surface area contributed by atoms with Crippen molar-refractivity contribution in [3.63, 3.8) is 0 Å². The van der Waals surface area contributed by atoms with Gasteiger partial charge < -0.3 is 0 Å². The van der Waals surface area contributed by atoms with Crippen LogP contribution in [-0.2, 0) is 11.2 Å². The van der Waals surface area contributed by atoms with Crippen LogP contribution in [-0.4, -0.2) is 17.3 Å². The van der Waals surface area contributed by atoms with Crippen molar-refractivity contribution in [3.05, 3.63) is 22.4 Å². The predicted molar refractivity (Wildman–Crippen MR) is 65.3 cm³/mol. The molecule has 78 valence electrons. The van der Waals surface area contributed by atoms with Crippen LogP contribution in [0.25, 0.3) is 0 Å². The summed E-state index contributed by atoms with van der Waals surface area (Å²) in [5.41, 5.74) is 1.30. The Hall–Kier alpha value is -0.280. The van der Waals surface area contributed by atoms with Gasteiger partial charge in [0.15, 0.2) is 0 Å². The Morgan fingerprint density at radius 1 is 1.57 bits per heavy atom. The Morgan fingerprint density at radius 3 is 3.07 bits per heavy atom. The number of thiophene rings is 1. The van der Waals surface area contributed by atoms with Crippen molar-refractivity contribution < 1.29 is 4.79 Å². The third-order valence-electron chi connectivity index (χ3n) is 1.88. The zero-order valence-electron chi connectivity index (χ0n) is 8.49. The number of rotatable bonds is 7. The molecular weight excluding hydrogens is 212 g/mol. The van der Waals surface area contributed by atoms with Gasteiger partial charge in [-0.05, 0) is 41.0 Å². The van der Waals surface area contributed by atoms with E-state index in [1.807, 2.05) is 0 Å². The number of ketones is 1. The highest BCUT2D eigenvalue weighted by molar-refractivity contribution is 7.99. The molecule has 0 bridgehead atoms. The molecule has 1 nitrogen and oxygen atoms in total. The lowest BCUT2D eigenvalue weighted by Crippen LogP contribution is -2.03. The molecule has 0 aliphatic heterocycles. The number of hydrogen-bond acceptors (Lipinski definition) is 3. The zero-order chi connectivity index (χ0) is 10.2. The maximum absolute atomic E-state index is 11.4. The lowest BCUT2D eigenvalue weighted by molar-refractivity contribution is -0.116. The summed E-state index contributed by atoms with van der Waals surface area (Å²) < 4.78 is 0. The number of aryl methyl sites for hydroxylation is 1. The van der Waals surface area contributed by atoms with Gasteiger partial charge >= 0.3 is 0 Å². The number of Topliss-reactive ketones (excluding diaryl/α,β-unsaturated/α-hetero) is 1. The van der Waals surface area contributed by atoms with E-state index in [4.69, 9.17) is 0 Å². The van der Waals surface area contributed by atoms with Gasteiger partial charge in [-0.15, -0.1) is 0 Å². The fraction of sp³-hybridized carbons (Fsp3) is 0.545. The van der Waals surface area contributed by atoms with Gasteiger partial charge in [0.1, 0.15) is 5.78 Å². The molecule has 0 aromatic carbocycles. The highest BCUT2D eigenvalue weighted by atomic mass is 32.2. The van der Waals surface area contributed by atoms with E-state index < -0.39 is 0 Å². The average molecular weight is 228 g/mol. The van der Waals surface area contributed by atoms with E-state index in [0.717, 1.165) is 18.6 Å². The van der Waals surface area contributed by atoms with E-state index in [-0.39, 0.29) is 0 Å². The second-order valence-corrected chi connectivity index (χ2v) is 5.11. The molecule has 0 aliphatic rings. The monoisotopic (exact) mass is 228 g/mol. The summed E-state index contributed by atoms with van der Waals surface area (Å²) in [5, 5.41) is 4.18. The van der Waals surface area contributed by atoms with Crippen LogP contribution in [0, 0.1) is 0 Å². The standard InChI is InChI=1S/C11H16OS2/c1-2-6-13-9-11(12)4-3-10-5-7-14-8-10/h5,7-8H,2-4,6,9H2,1H3. The molecule has 0 amide bonds. The number of carbonyl (C=O) groups excluding carboxylic acids is 1. The van der Waals surface area contributed by atoms with E-state index in [1.165, 1.54) is 5.56 Å². The lowest BCUT2D eigenvalue weighted by atomic mass is 10.1. The molecule has 0 aliphatic carbocycles. The Kier molecular flexibility index (Phi) is 5.96. The van der Waals surface area contributed by atoms with Gasteiger partial charge in [-0.1, -0.05) is 6.92 Å². The molecule has 3 heteroatoms. The van der Waals surface area contributed by atoms with Crippen molar-refractivity contribution in [1.82, 2.24) is 0 Å². The minimum atomic E-state index is 0.384. The Balaban J connectivity index is 2.09. The summed E-state index contributed by atoms with van der Waals surface area (Å²) in [4.78, 5) is 11.4. The second-order valence-electron chi connectivity index (χ2n) is 3.22. The molecule has 0 saturated carbocycles. The number of thioether (sulfide) groups is 1. The van der Waals surface area contributed by atoms with Crippen LogP contribution in [0.2, 0.25) is 0 Å². The first-order valence-electron chi connectivity index (χ1n) is 4.93. The molecule has 0 spiro atoms. The molecule has 1 rings (SSSR count). The van der Waals surface area contributed by atoms with Crippen molar-refractivity contribution in [3.8, 4) is 0 Å². The summed E-state index contributed by atoms with van der Waals surface area (Å²) in [5.74, 6) is 2.18. The van der Waals surface area contributed by atoms with Crippen molar-refractivity contribution >= 4 is 28.9 Å². The van der Waals surface area contributed by atoms with Gasteiger partial charge in [-0.2, -0.15) is 23.1 Å². The van der Waals surface area contributed by atoms with Crippen LogP contribution in [0.5, 0.6) is 0 Å². The summed E-state index contributed by atoms with van der Waals surface area (Å²) in [6.07, 6.45) is 2.77. The fourth-order valence-electron chi connectivity index (χ4n) is 1.12. The summed E-state index contributed by atoms with van der Waals surface area (Å²) in [7, 11) is 0. The minimum absolute atomic E-state index is 0.384. The quantitative estimate of drug-likeness (QED) is 0.665. The van der Waals surface area contributed by atoms with Gasteiger partial charge in [0.05, 0.1) is 5.75 Å². The summed E-state index contributed by atoms with van der Waals surface area (Å²) in [6, 6.07) is 2.09. The Labute approximate surface area is 93.9 Å². The van der Waals surface area contributed by atoms with Gasteiger partial charge in [0.25, 0.3) is 0 Å². The van der Waals surface area contributed by atoms with Gasteiger partial charge in [-0.25, -0.2) is 0 Å². The normalized spacial score (nSPS) is 10.4. The molecular formula is C11H16OS2. The first-order chi connectivity index (χ1) is 6.83. The van der Waals surface area contributed by atoms with Crippen molar-refractivity contribution in [2.75, 3.05) is 11.5 Å². The molecule has 1 heterocycles. The van der Waals surface area contributed by atoms with E-state index in [0.29, 0.717) is 18.0 Å². The smallest absolute Gasteiger partial charge is 0.143 e. The van der Waals surface area contributed by atoms with Crippen LogP contribution in [0.1, 0.15) is 25.3 Å². The molecule has 0 unspecified atom stereocenters. The molecule has 0 atom stereocenters.